The number of fused-ring (bicyclic) bond motifs is 1. The Bertz CT molecular complexity index is 1080. The Labute approximate surface area is 183 Å². The first-order valence-electron chi connectivity index (χ1n) is 9.97. The lowest BCUT2D eigenvalue weighted by Gasteiger charge is -2.08. The van der Waals surface area contributed by atoms with Gasteiger partial charge in [-0.05, 0) is 42.5 Å². The average molecular weight is 448 g/mol. The molecule has 0 aliphatic heterocycles. The lowest BCUT2D eigenvalue weighted by Crippen LogP contribution is -2.24. The van der Waals surface area contributed by atoms with E-state index in [9.17, 15) is 14.0 Å². The summed E-state index contributed by atoms with van der Waals surface area (Å²) in [5.41, 5.74) is 1.85. The molecule has 0 bridgehead atoms. The molecule has 1 amide bonds. The number of carbonyl (C=O) groups excluding carboxylic acids is 1. The predicted octanol–water partition coefficient (Wildman–Crippen LogP) is 4.57. The van der Waals surface area contributed by atoms with E-state index in [1.54, 1.807) is 23.5 Å². The lowest BCUT2D eigenvalue weighted by atomic mass is 9.98. The lowest BCUT2D eigenvalue weighted by molar-refractivity contribution is -0.118. The van der Waals surface area contributed by atoms with E-state index in [-0.39, 0.29) is 23.0 Å². The molecule has 1 aromatic carbocycles. The minimum absolute atomic E-state index is 0.0981. The van der Waals surface area contributed by atoms with Crippen LogP contribution in [0.5, 0.6) is 0 Å². The fraction of sp³-hybridized carbons (Fsp3) is 0.409. The van der Waals surface area contributed by atoms with Gasteiger partial charge in [0.2, 0.25) is 5.91 Å². The smallest absolute Gasteiger partial charge is 0.259 e. The number of hydrogen-bond acceptors (Lipinski definition) is 5. The summed E-state index contributed by atoms with van der Waals surface area (Å²) in [6.07, 6.45) is 1.95. The molecule has 2 aromatic heterocycles. The molecule has 0 spiro atoms. The summed E-state index contributed by atoms with van der Waals surface area (Å²) >= 11 is 2.95. The van der Waals surface area contributed by atoms with Gasteiger partial charge in [0.05, 0.1) is 16.9 Å². The maximum absolute atomic E-state index is 12.9. The van der Waals surface area contributed by atoms with Gasteiger partial charge in [0.25, 0.3) is 5.56 Å². The highest BCUT2D eigenvalue weighted by atomic mass is 32.2. The van der Waals surface area contributed by atoms with Gasteiger partial charge in [0.15, 0.2) is 0 Å². The van der Waals surface area contributed by atoms with Crippen molar-refractivity contribution in [3.8, 4) is 0 Å². The molecule has 0 saturated carbocycles. The number of aromatic amines is 1. The quantitative estimate of drug-likeness (QED) is 0.504. The van der Waals surface area contributed by atoms with Crippen LogP contribution in [-0.2, 0) is 23.5 Å². The van der Waals surface area contributed by atoms with E-state index in [1.165, 1.54) is 23.9 Å². The van der Waals surface area contributed by atoms with Crippen LogP contribution in [0.3, 0.4) is 0 Å². The summed E-state index contributed by atoms with van der Waals surface area (Å²) in [4.78, 5) is 34.1. The maximum atomic E-state index is 12.9. The third kappa shape index (κ3) is 5.70. The Kier molecular flexibility index (Phi) is 7.66. The molecule has 1 atom stereocenters. The van der Waals surface area contributed by atoms with Crippen LogP contribution in [0.15, 0.2) is 29.1 Å². The number of halogens is 1. The summed E-state index contributed by atoms with van der Waals surface area (Å²) in [6.45, 7) is 6.75. The van der Waals surface area contributed by atoms with E-state index in [0.29, 0.717) is 29.4 Å². The Morgan fingerprint density at radius 1 is 1.33 bits per heavy atom. The van der Waals surface area contributed by atoms with Gasteiger partial charge in [-0.25, -0.2) is 9.37 Å². The summed E-state index contributed by atoms with van der Waals surface area (Å²) in [5, 5.41) is 3.52. The number of nitrogens with one attached hydrogen (secondary N) is 2. The molecule has 3 rings (SSSR count). The van der Waals surface area contributed by atoms with E-state index < -0.39 is 0 Å². The number of H-pyrrole nitrogens is 1. The van der Waals surface area contributed by atoms with Gasteiger partial charge in [-0.2, -0.15) is 0 Å². The molecular formula is C22H26FN3O2S2. The summed E-state index contributed by atoms with van der Waals surface area (Å²) < 4.78 is 12.9. The first-order chi connectivity index (χ1) is 14.4. The molecule has 2 heterocycles. The molecule has 0 saturated heterocycles. The first-order valence-corrected chi connectivity index (χ1v) is 11.9. The molecule has 8 heteroatoms. The van der Waals surface area contributed by atoms with E-state index in [4.69, 9.17) is 0 Å². The SMILES string of the molecule is CCC(C)Cc1c(C)sc2nc(CSCC(=O)NCc3ccc(F)cc3)[nH]c(=O)c12. The number of thioether (sulfide) groups is 1. The monoisotopic (exact) mass is 447 g/mol. The van der Waals surface area contributed by atoms with E-state index >= 15 is 0 Å². The molecule has 0 aliphatic carbocycles. The van der Waals surface area contributed by atoms with Gasteiger partial charge < -0.3 is 10.3 Å². The fourth-order valence-corrected chi connectivity index (χ4v) is 4.91. The number of hydrogen-bond donors (Lipinski definition) is 2. The molecule has 1 unspecified atom stereocenters. The van der Waals surface area contributed by atoms with Crippen molar-refractivity contribution in [3.05, 3.63) is 62.3 Å². The molecule has 2 N–H and O–H groups in total. The average Bonchev–Trinajstić information content (AvgIpc) is 3.03. The first kappa shape index (κ1) is 22.5. The molecule has 0 radical (unpaired) electrons. The Morgan fingerprint density at radius 3 is 2.77 bits per heavy atom. The molecular weight excluding hydrogens is 421 g/mol. The van der Waals surface area contributed by atoms with Gasteiger partial charge in [0.1, 0.15) is 16.5 Å². The molecule has 30 heavy (non-hydrogen) atoms. The van der Waals surface area contributed by atoms with Gasteiger partial charge in [-0.3, -0.25) is 9.59 Å². The number of carbonyl (C=O) groups is 1. The highest BCUT2D eigenvalue weighted by Gasteiger charge is 2.17. The van der Waals surface area contributed by atoms with Crippen LogP contribution >= 0.6 is 23.1 Å². The van der Waals surface area contributed by atoms with Crippen LogP contribution in [0.25, 0.3) is 10.2 Å². The highest BCUT2D eigenvalue weighted by Crippen LogP contribution is 2.29. The van der Waals surface area contributed by atoms with Crippen molar-refractivity contribution >= 4 is 39.2 Å². The number of benzene rings is 1. The summed E-state index contributed by atoms with van der Waals surface area (Å²) in [5.74, 6) is 1.39. The minimum atomic E-state index is -0.299. The fourth-order valence-electron chi connectivity index (χ4n) is 3.12. The number of amides is 1. The highest BCUT2D eigenvalue weighted by molar-refractivity contribution is 7.99. The van der Waals surface area contributed by atoms with Gasteiger partial charge in [-0.1, -0.05) is 32.4 Å². The zero-order valence-electron chi connectivity index (χ0n) is 17.4. The van der Waals surface area contributed by atoms with Gasteiger partial charge in [-0.15, -0.1) is 23.1 Å². The molecule has 0 fully saturated rings. The predicted molar refractivity (Wildman–Crippen MR) is 123 cm³/mol. The van der Waals surface area contributed by atoms with E-state index in [1.807, 2.05) is 6.92 Å². The van der Waals surface area contributed by atoms with E-state index in [0.717, 1.165) is 33.7 Å². The Morgan fingerprint density at radius 2 is 2.07 bits per heavy atom. The third-order valence-corrected chi connectivity index (χ3v) is 7.02. The number of aromatic nitrogens is 2. The molecule has 160 valence electrons. The second-order valence-corrected chi connectivity index (χ2v) is 9.63. The van der Waals surface area contributed by atoms with Crippen molar-refractivity contribution < 1.29 is 9.18 Å². The van der Waals surface area contributed by atoms with E-state index in [2.05, 4.69) is 29.1 Å². The van der Waals surface area contributed by atoms with Gasteiger partial charge in [0, 0.05) is 11.4 Å². The number of aryl methyl sites for hydroxylation is 1. The van der Waals surface area contributed by atoms with Crippen molar-refractivity contribution in [2.45, 2.75) is 45.9 Å². The second kappa shape index (κ2) is 10.2. The van der Waals surface area contributed by atoms with Crippen LogP contribution in [0.4, 0.5) is 4.39 Å². The number of rotatable bonds is 9. The normalized spacial score (nSPS) is 12.3. The topological polar surface area (TPSA) is 74.8 Å². The number of thiophene rings is 1. The molecule has 5 nitrogen and oxygen atoms in total. The number of nitrogens with zero attached hydrogens (tertiary/aromatic N) is 1. The summed E-state index contributed by atoms with van der Waals surface area (Å²) in [7, 11) is 0. The van der Waals surface area contributed by atoms with Crippen molar-refractivity contribution in [2.75, 3.05) is 5.75 Å². The van der Waals surface area contributed by atoms with Gasteiger partial charge >= 0.3 is 0 Å². The van der Waals surface area contributed by atoms with Crippen molar-refractivity contribution in [1.82, 2.24) is 15.3 Å². The summed E-state index contributed by atoms with van der Waals surface area (Å²) in [6, 6.07) is 6.03. The maximum Gasteiger partial charge on any atom is 0.259 e. The molecule has 0 aliphatic rings. The largest absolute Gasteiger partial charge is 0.351 e. The van der Waals surface area contributed by atoms with Crippen LogP contribution < -0.4 is 10.9 Å². The minimum Gasteiger partial charge on any atom is -0.351 e. The zero-order chi connectivity index (χ0) is 21.7. The zero-order valence-corrected chi connectivity index (χ0v) is 19.0. The Balaban J connectivity index is 1.57. The van der Waals surface area contributed by atoms with Crippen LogP contribution in [0.2, 0.25) is 0 Å². The second-order valence-electron chi connectivity index (χ2n) is 7.44. The standard InChI is InChI=1S/C22H26FN3O2S2/c1-4-13(2)9-17-14(3)30-22-20(17)21(28)25-18(26-22)11-29-12-19(27)24-10-15-5-7-16(23)8-6-15/h5-8,13H,4,9-12H2,1-3H3,(H,24,27)(H,25,26,28). The van der Waals surface area contributed by atoms with Crippen molar-refractivity contribution in [1.29, 1.82) is 0 Å². The third-order valence-electron chi connectivity index (χ3n) is 5.04. The van der Waals surface area contributed by atoms with Crippen LogP contribution in [-0.4, -0.2) is 21.6 Å². The Hall–Kier alpha value is -2.19. The van der Waals surface area contributed by atoms with Crippen molar-refractivity contribution in [3.63, 3.8) is 0 Å². The van der Waals surface area contributed by atoms with Crippen molar-refractivity contribution in [2.24, 2.45) is 5.92 Å². The molecule has 3 aromatic rings. The van der Waals surface area contributed by atoms with Crippen LogP contribution in [0, 0.1) is 18.7 Å². The van der Waals surface area contributed by atoms with Crippen LogP contribution in [0.1, 0.15) is 42.1 Å².